The largest absolute Gasteiger partial charge is 0.465 e. The SMILES string of the molecule is COC(=O)c1cccc(CNCCNc2ncnc3scc(-c4ccc(F)cc4)c23)c1. The van der Waals surface area contributed by atoms with Crippen LogP contribution < -0.4 is 10.6 Å². The van der Waals surface area contributed by atoms with Gasteiger partial charge in [0.2, 0.25) is 0 Å². The third-order valence-corrected chi connectivity index (χ3v) is 5.68. The Balaban J connectivity index is 1.39. The molecule has 0 fully saturated rings. The zero-order valence-corrected chi connectivity index (χ0v) is 17.7. The minimum absolute atomic E-state index is 0.263. The fourth-order valence-electron chi connectivity index (χ4n) is 3.28. The van der Waals surface area contributed by atoms with Crippen molar-refractivity contribution in [2.45, 2.75) is 6.54 Å². The summed E-state index contributed by atoms with van der Waals surface area (Å²) >= 11 is 1.54. The predicted octanol–water partition coefficient (Wildman–Crippen LogP) is 4.49. The second-order valence-electron chi connectivity index (χ2n) is 6.85. The zero-order valence-electron chi connectivity index (χ0n) is 16.9. The molecule has 2 aromatic heterocycles. The number of hydrogen-bond donors (Lipinski definition) is 2. The first kappa shape index (κ1) is 20.9. The van der Waals surface area contributed by atoms with Crippen molar-refractivity contribution in [2.24, 2.45) is 0 Å². The number of nitrogens with one attached hydrogen (secondary N) is 2. The van der Waals surface area contributed by atoms with Gasteiger partial charge in [-0.1, -0.05) is 24.3 Å². The van der Waals surface area contributed by atoms with Gasteiger partial charge in [-0.05, 0) is 35.4 Å². The van der Waals surface area contributed by atoms with Gasteiger partial charge in [-0.15, -0.1) is 11.3 Å². The average molecular weight is 437 g/mol. The minimum atomic E-state index is -0.344. The smallest absolute Gasteiger partial charge is 0.337 e. The summed E-state index contributed by atoms with van der Waals surface area (Å²) in [4.78, 5) is 21.3. The van der Waals surface area contributed by atoms with Gasteiger partial charge in [0.05, 0.1) is 18.1 Å². The number of thiophene rings is 1. The number of esters is 1. The number of benzene rings is 2. The summed E-state index contributed by atoms with van der Waals surface area (Å²) in [5.74, 6) is 0.144. The minimum Gasteiger partial charge on any atom is -0.465 e. The summed E-state index contributed by atoms with van der Waals surface area (Å²) < 4.78 is 18.1. The molecule has 4 aromatic rings. The Bertz CT molecular complexity index is 1190. The number of carbonyl (C=O) groups excluding carboxylic acids is 1. The Morgan fingerprint density at radius 1 is 1.13 bits per heavy atom. The van der Waals surface area contributed by atoms with E-state index in [1.807, 2.05) is 23.6 Å². The first-order valence-electron chi connectivity index (χ1n) is 9.75. The fourth-order valence-corrected chi connectivity index (χ4v) is 4.20. The van der Waals surface area contributed by atoms with E-state index in [4.69, 9.17) is 4.74 Å². The molecule has 0 aliphatic rings. The highest BCUT2D eigenvalue weighted by Gasteiger charge is 2.13. The maximum absolute atomic E-state index is 13.3. The Kier molecular flexibility index (Phi) is 6.49. The number of anilines is 1. The quantitative estimate of drug-likeness (QED) is 0.313. The van der Waals surface area contributed by atoms with Gasteiger partial charge >= 0.3 is 5.97 Å². The van der Waals surface area contributed by atoms with Crippen LogP contribution in [0, 0.1) is 5.82 Å². The Hall–Kier alpha value is -3.36. The fraction of sp³-hybridized carbons (Fsp3) is 0.174. The van der Waals surface area contributed by atoms with E-state index in [0.29, 0.717) is 25.2 Å². The number of ether oxygens (including phenoxy) is 1. The van der Waals surface area contributed by atoms with Crippen molar-refractivity contribution in [1.82, 2.24) is 15.3 Å². The average Bonchev–Trinajstić information content (AvgIpc) is 3.24. The highest BCUT2D eigenvalue weighted by atomic mass is 32.1. The van der Waals surface area contributed by atoms with E-state index in [-0.39, 0.29) is 11.8 Å². The van der Waals surface area contributed by atoms with E-state index in [0.717, 1.165) is 32.7 Å². The third-order valence-electron chi connectivity index (χ3n) is 4.80. The van der Waals surface area contributed by atoms with Crippen molar-refractivity contribution < 1.29 is 13.9 Å². The highest BCUT2D eigenvalue weighted by molar-refractivity contribution is 7.17. The summed E-state index contributed by atoms with van der Waals surface area (Å²) in [5.41, 5.74) is 3.45. The molecule has 158 valence electrons. The molecular formula is C23H21FN4O2S. The Labute approximate surface area is 183 Å². The maximum Gasteiger partial charge on any atom is 0.337 e. The van der Waals surface area contributed by atoms with E-state index in [2.05, 4.69) is 20.6 Å². The summed E-state index contributed by atoms with van der Waals surface area (Å²) in [6.45, 7) is 1.98. The molecule has 0 aliphatic carbocycles. The number of carbonyl (C=O) groups is 1. The lowest BCUT2D eigenvalue weighted by molar-refractivity contribution is 0.0600. The lowest BCUT2D eigenvalue weighted by Gasteiger charge is -2.10. The molecule has 0 bridgehead atoms. The van der Waals surface area contributed by atoms with Crippen molar-refractivity contribution in [3.8, 4) is 11.1 Å². The molecule has 0 atom stereocenters. The zero-order chi connectivity index (χ0) is 21.6. The van der Waals surface area contributed by atoms with Crippen LogP contribution >= 0.6 is 11.3 Å². The van der Waals surface area contributed by atoms with Gasteiger partial charge in [-0.25, -0.2) is 19.2 Å². The molecule has 0 saturated heterocycles. The summed E-state index contributed by atoms with van der Waals surface area (Å²) in [7, 11) is 1.37. The van der Waals surface area contributed by atoms with Crippen LogP contribution in [0.25, 0.3) is 21.3 Å². The number of nitrogens with zero attached hydrogens (tertiary/aromatic N) is 2. The molecule has 31 heavy (non-hydrogen) atoms. The predicted molar refractivity (Wildman–Crippen MR) is 121 cm³/mol. The molecule has 0 amide bonds. The van der Waals surface area contributed by atoms with Gasteiger partial charge in [0, 0.05) is 30.6 Å². The maximum atomic E-state index is 13.3. The second-order valence-corrected chi connectivity index (χ2v) is 7.71. The number of fused-ring (bicyclic) bond motifs is 1. The third kappa shape index (κ3) is 4.87. The molecule has 6 nitrogen and oxygen atoms in total. The number of hydrogen-bond acceptors (Lipinski definition) is 7. The monoisotopic (exact) mass is 436 g/mol. The van der Waals surface area contributed by atoms with Crippen LogP contribution in [0.1, 0.15) is 15.9 Å². The van der Waals surface area contributed by atoms with Gasteiger partial charge in [-0.3, -0.25) is 0 Å². The molecule has 0 unspecified atom stereocenters. The van der Waals surface area contributed by atoms with Gasteiger partial charge in [0.1, 0.15) is 22.8 Å². The van der Waals surface area contributed by atoms with Crippen LogP contribution in [0.2, 0.25) is 0 Å². The van der Waals surface area contributed by atoms with Crippen LogP contribution in [0.4, 0.5) is 10.2 Å². The Morgan fingerprint density at radius 3 is 2.77 bits per heavy atom. The van der Waals surface area contributed by atoms with Crippen LogP contribution in [-0.2, 0) is 11.3 Å². The molecule has 4 rings (SSSR count). The van der Waals surface area contributed by atoms with Crippen molar-refractivity contribution in [1.29, 1.82) is 0 Å². The van der Waals surface area contributed by atoms with Crippen molar-refractivity contribution in [3.63, 3.8) is 0 Å². The normalized spacial score (nSPS) is 10.9. The highest BCUT2D eigenvalue weighted by Crippen LogP contribution is 2.36. The first-order valence-corrected chi connectivity index (χ1v) is 10.6. The molecule has 2 heterocycles. The van der Waals surface area contributed by atoms with Gasteiger partial charge in [0.25, 0.3) is 0 Å². The molecule has 0 saturated carbocycles. The van der Waals surface area contributed by atoms with Gasteiger partial charge in [-0.2, -0.15) is 0 Å². The summed E-state index contributed by atoms with van der Waals surface area (Å²) in [5, 5.41) is 9.67. The van der Waals surface area contributed by atoms with Gasteiger partial charge < -0.3 is 15.4 Å². The van der Waals surface area contributed by atoms with Crippen LogP contribution in [0.5, 0.6) is 0 Å². The number of rotatable bonds is 8. The molecule has 8 heteroatoms. The summed E-state index contributed by atoms with van der Waals surface area (Å²) in [6, 6.07) is 13.8. The summed E-state index contributed by atoms with van der Waals surface area (Å²) in [6.07, 6.45) is 1.54. The molecule has 2 N–H and O–H groups in total. The van der Waals surface area contributed by atoms with E-state index < -0.39 is 0 Å². The lowest BCUT2D eigenvalue weighted by atomic mass is 10.1. The van der Waals surface area contributed by atoms with Crippen LogP contribution in [-0.4, -0.2) is 36.1 Å². The molecule has 0 spiro atoms. The second kappa shape index (κ2) is 9.63. The van der Waals surface area contributed by atoms with E-state index >= 15 is 0 Å². The van der Waals surface area contributed by atoms with Crippen LogP contribution in [0.15, 0.2) is 60.2 Å². The van der Waals surface area contributed by atoms with Crippen molar-refractivity contribution >= 4 is 33.3 Å². The Morgan fingerprint density at radius 2 is 1.97 bits per heavy atom. The molecule has 0 aliphatic heterocycles. The van der Waals surface area contributed by atoms with E-state index in [9.17, 15) is 9.18 Å². The molecule has 2 aromatic carbocycles. The lowest BCUT2D eigenvalue weighted by Crippen LogP contribution is -2.22. The van der Waals surface area contributed by atoms with Crippen molar-refractivity contribution in [2.75, 3.05) is 25.5 Å². The number of halogens is 1. The standard InChI is InChI=1S/C23H21FN4O2S/c1-30-23(29)17-4-2-3-15(11-17)12-25-9-10-26-21-20-19(13-31-22(20)28-14-27-21)16-5-7-18(24)8-6-16/h2-8,11,13-14,25H,9-10,12H2,1H3,(H,26,27,28). The van der Waals surface area contributed by atoms with Crippen LogP contribution in [0.3, 0.4) is 0 Å². The number of methoxy groups -OCH3 is 1. The molecular weight excluding hydrogens is 415 g/mol. The van der Waals surface area contributed by atoms with Crippen molar-refractivity contribution in [3.05, 3.63) is 77.2 Å². The molecule has 0 radical (unpaired) electrons. The number of aromatic nitrogens is 2. The topological polar surface area (TPSA) is 76.1 Å². The van der Waals surface area contributed by atoms with Gasteiger partial charge in [0.15, 0.2) is 0 Å². The van der Waals surface area contributed by atoms with E-state index in [1.165, 1.54) is 30.6 Å². The van der Waals surface area contributed by atoms with E-state index in [1.54, 1.807) is 24.5 Å². The first-order chi connectivity index (χ1) is 15.2.